The average molecular weight is 409 g/mol. The molecule has 1 saturated carbocycles. The van der Waals surface area contributed by atoms with Gasteiger partial charge in [-0.05, 0) is 41.3 Å². The van der Waals surface area contributed by atoms with Crippen LogP contribution in [0.2, 0.25) is 0 Å². The zero-order valence-corrected chi connectivity index (χ0v) is 16.2. The van der Waals surface area contributed by atoms with E-state index >= 15 is 0 Å². The Morgan fingerprint density at radius 3 is 2.80 bits per heavy atom. The highest BCUT2D eigenvalue weighted by atomic mass is 79.9. The van der Waals surface area contributed by atoms with E-state index in [1.165, 1.54) is 5.69 Å². The molecule has 0 atom stereocenters. The van der Waals surface area contributed by atoms with Crippen molar-refractivity contribution in [1.29, 1.82) is 0 Å². The number of hydrogen-bond donors (Lipinski definition) is 1. The first-order chi connectivity index (χ1) is 12.2. The van der Waals surface area contributed by atoms with Gasteiger partial charge in [-0.25, -0.2) is 9.50 Å². The minimum Gasteiger partial charge on any atom is -0.353 e. The smallest absolute Gasteiger partial charge is 0.241 e. The maximum atomic E-state index is 5.86. The number of rotatable bonds is 5. The van der Waals surface area contributed by atoms with Gasteiger partial charge >= 0.3 is 0 Å². The van der Waals surface area contributed by atoms with Gasteiger partial charge in [0.15, 0.2) is 5.79 Å². The number of halogens is 1. The first-order valence-electron chi connectivity index (χ1n) is 9.27. The zero-order valence-electron chi connectivity index (χ0n) is 14.6. The van der Waals surface area contributed by atoms with Gasteiger partial charge in [-0.3, -0.25) is 0 Å². The minimum atomic E-state index is -0.317. The molecule has 4 rings (SSSR count). The van der Waals surface area contributed by atoms with Gasteiger partial charge in [0.05, 0.1) is 24.9 Å². The van der Waals surface area contributed by atoms with Crippen LogP contribution in [0.25, 0.3) is 5.52 Å². The van der Waals surface area contributed by atoms with Gasteiger partial charge in [0.25, 0.3) is 0 Å². The Kier molecular flexibility index (Phi) is 4.97. The predicted molar refractivity (Wildman–Crippen MR) is 99.9 cm³/mol. The lowest BCUT2D eigenvalue weighted by Crippen LogP contribution is -2.34. The van der Waals surface area contributed by atoms with Crippen molar-refractivity contribution in [3.63, 3.8) is 0 Å². The second kappa shape index (κ2) is 7.21. The van der Waals surface area contributed by atoms with E-state index in [2.05, 4.69) is 39.2 Å². The van der Waals surface area contributed by atoms with E-state index in [1.54, 1.807) is 0 Å². The third-order valence-corrected chi connectivity index (χ3v) is 5.92. The van der Waals surface area contributed by atoms with Crippen molar-refractivity contribution in [3.8, 4) is 0 Å². The monoisotopic (exact) mass is 408 g/mol. The van der Waals surface area contributed by atoms with Crippen LogP contribution in [0.15, 0.2) is 16.7 Å². The van der Waals surface area contributed by atoms with Crippen molar-refractivity contribution in [3.05, 3.63) is 22.4 Å². The molecular weight excluding hydrogens is 384 g/mol. The van der Waals surface area contributed by atoms with Crippen LogP contribution in [0.3, 0.4) is 0 Å². The van der Waals surface area contributed by atoms with Crippen molar-refractivity contribution in [2.75, 3.05) is 25.1 Å². The summed E-state index contributed by atoms with van der Waals surface area (Å²) in [6.07, 6.45) is 8.19. The van der Waals surface area contributed by atoms with Crippen LogP contribution in [-0.4, -0.2) is 40.1 Å². The van der Waals surface area contributed by atoms with Gasteiger partial charge < -0.3 is 14.8 Å². The Bertz CT molecular complexity index is 732. The lowest BCUT2D eigenvalue weighted by atomic mass is 9.83. The minimum absolute atomic E-state index is 0.317. The molecule has 2 fully saturated rings. The Labute approximate surface area is 156 Å². The molecule has 3 heterocycles. The summed E-state index contributed by atoms with van der Waals surface area (Å²) in [6, 6.07) is 2.19. The lowest BCUT2D eigenvalue weighted by molar-refractivity contribution is -0.179. The van der Waals surface area contributed by atoms with Gasteiger partial charge in [-0.1, -0.05) is 13.3 Å². The number of ether oxygens (including phenoxy) is 2. The molecule has 0 unspecified atom stereocenters. The number of anilines is 1. The van der Waals surface area contributed by atoms with E-state index in [0.29, 0.717) is 11.9 Å². The molecule has 0 amide bonds. The van der Waals surface area contributed by atoms with Crippen LogP contribution in [0.1, 0.15) is 57.1 Å². The second-order valence-electron chi connectivity index (χ2n) is 6.96. The maximum absolute atomic E-state index is 5.86. The van der Waals surface area contributed by atoms with Crippen molar-refractivity contribution in [2.45, 2.75) is 57.2 Å². The van der Waals surface area contributed by atoms with E-state index in [0.717, 1.165) is 68.3 Å². The molecular formula is C18H25BrN4O2. The molecule has 6 nitrogen and oxygen atoms in total. The summed E-state index contributed by atoms with van der Waals surface area (Å²) < 4.78 is 14.8. The van der Waals surface area contributed by atoms with Crippen LogP contribution in [0.4, 0.5) is 5.95 Å². The second-order valence-corrected chi connectivity index (χ2v) is 7.81. The van der Waals surface area contributed by atoms with Gasteiger partial charge in [0.2, 0.25) is 5.95 Å². The van der Waals surface area contributed by atoms with E-state index in [-0.39, 0.29) is 5.79 Å². The zero-order chi connectivity index (χ0) is 17.3. The number of fused-ring (bicyclic) bond motifs is 1. The van der Waals surface area contributed by atoms with Crippen LogP contribution in [0, 0.1) is 0 Å². The molecule has 2 aliphatic rings. The largest absolute Gasteiger partial charge is 0.353 e. The van der Waals surface area contributed by atoms with E-state index in [9.17, 15) is 0 Å². The molecule has 0 aromatic carbocycles. The normalized spacial score (nSPS) is 20.6. The molecule has 2 aromatic heterocycles. The summed E-state index contributed by atoms with van der Waals surface area (Å²) in [4.78, 5) is 4.44. The molecule has 7 heteroatoms. The van der Waals surface area contributed by atoms with Gasteiger partial charge in [-0.2, -0.15) is 0 Å². The molecule has 1 N–H and O–H groups in total. The average Bonchev–Trinajstić information content (AvgIpc) is 3.21. The van der Waals surface area contributed by atoms with Gasteiger partial charge in [0.1, 0.15) is 0 Å². The summed E-state index contributed by atoms with van der Waals surface area (Å²) in [6.45, 7) is 4.54. The van der Waals surface area contributed by atoms with Crippen LogP contribution >= 0.6 is 15.9 Å². The van der Waals surface area contributed by atoms with E-state index in [4.69, 9.17) is 14.6 Å². The summed E-state index contributed by atoms with van der Waals surface area (Å²) in [5.74, 6) is 0.846. The molecule has 1 aliphatic heterocycles. The fourth-order valence-corrected chi connectivity index (χ4v) is 4.37. The highest BCUT2D eigenvalue weighted by Crippen LogP contribution is 2.43. The highest BCUT2D eigenvalue weighted by Gasteiger charge is 2.41. The van der Waals surface area contributed by atoms with E-state index in [1.807, 2.05) is 10.7 Å². The first-order valence-corrected chi connectivity index (χ1v) is 10.1. The fourth-order valence-electron chi connectivity index (χ4n) is 3.86. The van der Waals surface area contributed by atoms with E-state index < -0.39 is 0 Å². The third-order valence-electron chi connectivity index (χ3n) is 5.29. The molecule has 0 radical (unpaired) electrons. The molecule has 1 saturated heterocycles. The SMILES string of the molecule is CCCCNc1ncc2c(Br)cc(C3CCC4(CC3)OCCO4)n2n1. The van der Waals surface area contributed by atoms with Crippen LogP contribution in [-0.2, 0) is 9.47 Å². The molecule has 1 spiro atoms. The first kappa shape index (κ1) is 17.2. The fraction of sp³-hybridized carbons (Fsp3) is 0.667. The predicted octanol–water partition coefficient (Wildman–Crippen LogP) is 4.10. The van der Waals surface area contributed by atoms with Crippen molar-refractivity contribution in [1.82, 2.24) is 14.6 Å². The number of nitrogens with zero attached hydrogens (tertiary/aromatic N) is 3. The summed E-state index contributed by atoms with van der Waals surface area (Å²) in [5, 5.41) is 8.05. The Morgan fingerprint density at radius 2 is 2.08 bits per heavy atom. The number of unbranched alkanes of at least 4 members (excludes halogenated alkanes) is 1. The number of hydrogen-bond acceptors (Lipinski definition) is 5. The Balaban J connectivity index is 1.55. The van der Waals surface area contributed by atoms with Crippen molar-refractivity contribution < 1.29 is 9.47 Å². The van der Waals surface area contributed by atoms with Gasteiger partial charge in [-0.15, -0.1) is 5.10 Å². The topological polar surface area (TPSA) is 60.7 Å². The number of aromatic nitrogens is 3. The van der Waals surface area contributed by atoms with Crippen LogP contribution in [0.5, 0.6) is 0 Å². The molecule has 2 aromatic rings. The summed E-state index contributed by atoms with van der Waals surface area (Å²) >= 11 is 3.66. The van der Waals surface area contributed by atoms with Crippen molar-refractivity contribution in [2.24, 2.45) is 0 Å². The Morgan fingerprint density at radius 1 is 1.32 bits per heavy atom. The van der Waals surface area contributed by atoms with Crippen molar-refractivity contribution >= 4 is 27.4 Å². The maximum Gasteiger partial charge on any atom is 0.241 e. The quantitative estimate of drug-likeness (QED) is 0.754. The standard InChI is InChI=1S/C18H25BrN4O2/c1-2-3-8-20-17-21-12-16-14(19)11-15(23(16)22-17)13-4-6-18(7-5-13)24-9-10-25-18/h11-13H,2-10H2,1H3,(H,20,22). The highest BCUT2D eigenvalue weighted by molar-refractivity contribution is 9.10. The summed E-state index contributed by atoms with van der Waals surface area (Å²) in [7, 11) is 0. The molecule has 25 heavy (non-hydrogen) atoms. The molecule has 1 aliphatic carbocycles. The van der Waals surface area contributed by atoms with Crippen LogP contribution < -0.4 is 5.32 Å². The number of nitrogens with one attached hydrogen (secondary N) is 1. The Hall–Kier alpha value is -1.18. The van der Waals surface area contributed by atoms with Gasteiger partial charge in [0, 0.05) is 35.5 Å². The lowest BCUT2D eigenvalue weighted by Gasteiger charge is -2.35. The molecule has 136 valence electrons. The molecule has 0 bridgehead atoms. The summed E-state index contributed by atoms with van der Waals surface area (Å²) in [5.41, 5.74) is 2.26. The third kappa shape index (κ3) is 3.41.